The van der Waals surface area contributed by atoms with Crippen LogP contribution in [0.4, 0.5) is 5.69 Å². The van der Waals surface area contributed by atoms with Gasteiger partial charge in [0.05, 0.1) is 0 Å². The fourth-order valence-electron chi connectivity index (χ4n) is 8.56. The highest BCUT2D eigenvalue weighted by Crippen LogP contribution is 2.36. The molecule has 4 amide bonds. The third kappa shape index (κ3) is 9.33. The summed E-state index contributed by atoms with van der Waals surface area (Å²) in [5.74, 6) is -0.454. The van der Waals surface area contributed by atoms with Crippen molar-refractivity contribution < 1.29 is 29.0 Å². The number of imide groups is 2. The van der Waals surface area contributed by atoms with Crippen LogP contribution < -0.4 is 15.0 Å². The molecule has 3 heterocycles. The molecule has 0 saturated carbocycles. The first kappa shape index (κ1) is 40.4. The lowest BCUT2D eigenvalue weighted by atomic mass is 9.88. The number of nitrogens with one attached hydrogen (secondary N) is 1. The summed E-state index contributed by atoms with van der Waals surface area (Å²) in [6, 6.07) is 31.5. The third-order valence-electron chi connectivity index (χ3n) is 11.9. The number of likely N-dealkylation sites (tertiary alicyclic amines) is 1. The Kier molecular flexibility index (Phi) is 13.0. The van der Waals surface area contributed by atoms with Gasteiger partial charge < -0.3 is 14.7 Å². The first-order valence-corrected chi connectivity index (χ1v) is 20.5. The maximum atomic E-state index is 13.5. The third-order valence-corrected chi connectivity index (χ3v) is 11.9. The van der Waals surface area contributed by atoms with Gasteiger partial charge in [0.15, 0.2) is 0 Å². The van der Waals surface area contributed by atoms with Crippen molar-refractivity contribution in [2.75, 3.05) is 57.3 Å². The van der Waals surface area contributed by atoms with E-state index in [-0.39, 0.29) is 18.6 Å². The van der Waals surface area contributed by atoms with E-state index in [1.54, 1.807) is 12.1 Å². The maximum Gasteiger partial charge on any atom is 0.261 e. The highest BCUT2D eigenvalue weighted by atomic mass is 16.5. The van der Waals surface area contributed by atoms with E-state index in [4.69, 9.17) is 4.74 Å². The number of hydrogen-bond acceptors (Lipinski definition) is 9. The van der Waals surface area contributed by atoms with E-state index >= 15 is 0 Å². The molecule has 0 radical (unpaired) electrons. The summed E-state index contributed by atoms with van der Waals surface area (Å²) in [5, 5.41) is 12.2. The molecular weight excluding hydrogens is 731 g/mol. The van der Waals surface area contributed by atoms with Gasteiger partial charge in [0.25, 0.3) is 5.91 Å². The van der Waals surface area contributed by atoms with Crippen LogP contribution in [0.1, 0.15) is 71.6 Å². The zero-order valence-electron chi connectivity index (χ0n) is 33.4. The number of amides is 4. The smallest absolute Gasteiger partial charge is 0.261 e. The van der Waals surface area contributed by atoms with Crippen molar-refractivity contribution in [3.63, 3.8) is 0 Å². The van der Waals surface area contributed by atoms with Gasteiger partial charge in [-0.1, -0.05) is 67.6 Å². The van der Waals surface area contributed by atoms with Crippen molar-refractivity contribution >= 4 is 41.0 Å². The SMILES string of the molecule is CC/C(=C(\c1ccc(O)cc1)c1ccc(OCCN2CCC(N3CCN(c4ccc(C)c(C(=O)N(C=O)C5CCC(=O)NC5=O)c4)CC3)CC2)cc1)c1ccccc1. The Hall–Kier alpha value is -5.78. The molecule has 4 aromatic carbocycles. The highest BCUT2D eigenvalue weighted by molar-refractivity contribution is 6.08. The largest absolute Gasteiger partial charge is 0.508 e. The van der Waals surface area contributed by atoms with Gasteiger partial charge in [-0.15, -0.1) is 0 Å². The molecule has 7 rings (SSSR count). The standard InChI is InChI=1S/C47H53N5O6/c1-3-41(34-7-5-4-6-8-34)45(35-10-15-39(54)16-11-35)36-12-17-40(18-13-36)58-30-29-49-23-21-37(22-24-49)50-25-27-51(28-26-50)38-14-9-33(2)42(31-38)47(57)52(32-53)43-19-20-44(55)48-46(43)56/h4-18,31-32,37,43,54H,3,19-30H2,1-2H3,(H,48,55,56)/b45-41-. The minimum Gasteiger partial charge on any atom is -0.508 e. The van der Waals surface area contributed by atoms with E-state index in [0.717, 1.165) is 104 Å². The number of aromatic hydroxyl groups is 1. The first-order valence-electron chi connectivity index (χ1n) is 20.5. The highest BCUT2D eigenvalue weighted by Gasteiger charge is 2.36. The molecule has 58 heavy (non-hydrogen) atoms. The number of allylic oxidation sites excluding steroid dienone is 1. The molecule has 4 aromatic rings. The summed E-state index contributed by atoms with van der Waals surface area (Å²) in [6.45, 7) is 11.0. The van der Waals surface area contributed by atoms with Crippen LogP contribution in [0.15, 0.2) is 97.1 Å². The molecule has 1 unspecified atom stereocenters. The van der Waals surface area contributed by atoms with Crippen molar-refractivity contribution in [1.29, 1.82) is 0 Å². The minimum absolute atomic E-state index is 0.0835. The van der Waals surface area contributed by atoms with E-state index in [0.29, 0.717) is 24.6 Å². The van der Waals surface area contributed by atoms with Crippen LogP contribution >= 0.6 is 0 Å². The Morgan fingerprint density at radius 1 is 0.845 bits per heavy atom. The number of phenols is 1. The van der Waals surface area contributed by atoms with Crippen molar-refractivity contribution in [2.45, 2.75) is 58.0 Å². The Bertz CT molecular complexity index is 2100. The zero-order chi connectivity index (χ0) is 40.6. The molecule has 1 atom stereocenters. The summed E-state index contributed by atoms with van der Waals surface area (Å²) < 4.78 is 6.25. The second-order valence-corrected chi connectivity index (χ2v) is 15.4. The average Bonchev–Trinajstić information content (AvgIpc) is 3.25. The predicted molar refractivity (Wildman–Crippen MR) is 226 cm³/mol. The van der Waals surface area contributed by atoms with Gasteiger partial charge in [-0.3, -0.25) is 39.2 Å². The number of rotatable bonds is 13. The molecule has 11 heteroatoms. The second-order valence-electron chi connectivity index (χ2n) is 15.4. The molecule has 0 spiro atoms. The van der Waals surface area contributed by atoms with E-state index in [1.165, 1.54) is 11.1 Å². The number of piperidine rings is 2. The second kappa shape index (κ2) is 18.7. The molecule has 3 saturated heterocycles. The summed E-state index contributed by atoms with van der Waals surface area (Å²) in [6.07, 6.45) is 3.67. The van der Waals surface area contributed by atoms with Gasteiger partial charge in [0.1, 0.15) is 24.1 Å². The number of hydrogen-bond donors (Lipinski definition) is 2. The van der Waals surface area contributed by atoms with Crippen LogP contribution in [-0.2, 0) is 14.4 Å². The Morgan fingerprint density at radius 3 is 2.16 bits per heavy atom. The fraction of sp³-hybridized carbons (Fsp3) is 0.362. The van der Waals surface area contributed by atoms with Crippen LogP contribution in [-0.4, -0.2) is 108 Å². The number of benzene rings is 4. The molecular formula is C47H53N5O6. The van der Waals surface area contributed by atoms with Crippen molar-refractivity contribution in [3.05, 3.63) is 125 Å². The number of nitrogens with zero attached hydrogens (tertiary/aromatic N) is 4. The number of ether oxygens (including phenoxy) is 1. The van der Waals surface area contributed by atoms with E-state index in [1.807, 2.05) is 43.3 Å². The summed E-state index contributed by atoms with van der Waals surface area (Å²) in [4.78, 5) is 57.9. The van der Waals surface area contributed by atoms with E-state index < -0.39 is 23.8 Å². The molecule has 0 bridgehead atoms. The summed E-state index contributed by atoms with van der Waals surface area (Å²) >= 11 is 0. The number of carbonyl (C=O) groups is 4. The van der Waals surface area contributed by atoms with Gasteiger partial charge in [-0.05, 0) is 115 Å². The van der Waals surface area contributed by atoms with Gasteiger partial charge in [-0.25, -0.2) is 0 Å². The number of piperazine rings is 1. The minimum atomic E-state index is -0.999. The Morgan fingerprint density at radius 2 is 1.52 bits per heavy atom. The Balaban J connectivity index is 0.886. The number of carbonyl (C=O) groups excluding carboxylic acids is 4. The van der Waals surface area contributed by atoms with Crippen LogP contribution in [0.5, 0.6) is 11.5 Å². The average molecular weight is 784 g/mol. The molecule has 302 valence electrons. The molecule has 3 fully saturated rings. The van der Waals surface area contributed by atoms with Crippen LogP contribution in [0, 0.1) is 6.92 Å². The Labute approximate surface area is 340 Å². The van der Waals surface area contributed by atoms with Gasteiger partial charge >= 0.3 is 0 Å². The zero-order valence-corrected chi connectivity index (χ0v) is 33.4. The van der Waals surface area contributed by atoms with Crippen molar-refractivity contribution in [3.8, 4) is 11.5 Å². The van der Waals surface area contributed by atoms with Gasteiger partial charge in [0.2, 0.25) is 18.2 Å². The summed E-state index contributed by atoms with van der Waals surface area (Å²) in [5.41, 5.74) is 7.76. The fourth-order valence-corrected chi connectivity index (χ4v) is 8.56. The van der Waals surface area contributed by atoms with E-state index in [2.05, 4.69) is 75.5 Å². The molecule has 2 N–H and O–H groups in total. The van der Waals surface area contributed by atoms with Gasteiger partial charge in [0, 0.05) is 56.4 Å². The molecule has 3 aliphatic heterocycles. The predicted octanol–water partition coefficient (Wildman–Crippen LogP) is 6.14. The van der Waals surface area contributed by atoms with Gasteiger partial charge in [-0.2, -0.15) is 0 Å². The normalized spacial score (nSPS) is 18.7. The quantitative estimate of drug-likeness (QED) is 0.0936. The molecule has 0 aromatic heterocycles. The number of aryl methyl sites for hydroxylation is 1. The number of phenolic OH excluding ortho intramolecular Hbond substituents is 1. The monoisotopic (exact) mass is 783 g/mol. The van der Waals surface area contributed by atoms with Crippen LogP contribution in [0.3, 0.4) is 0 Å². The van der Waals surface area contributed by atoms with Crippen molar-refractivity contribution in [1.82, 2.24) is 20.0 Å². The summed E-state index contributed by atoms with van der Waals surface area (Å²) in [7, 11) is 0. The van der Waals surface area contributed by atoms with Crippen LogP contribution in [0.25, 0.3) is 11.1 Å². The number of anilines is 1. The lowest BCUT2D eigenvalue weighted by molar-refractivity contribution is -0.139. The maximum absolute atomic E-state index is 13.5. The van der Waals surface area contributed by atoms with E-state index in [9.17, 15) is 24.3 Å². The molecule has 11 nitrogen and oxygen atoms in total. The molecule has 0 aliphatic carbocycles. The molecule has 3 aliphatic rings. The van der Waals surface area contributed by atoms with Crippen LogP contribution in [0.2, 0.25) is 0 Å². The lowest BCUT2D eigenvalue weighted by Gasteiger charge is -2.43. The lowest BCUT2D eigenvalue weighted by Crippen LogP contribution is -2.54. The van der Waals surface area contributed by atoms with Crippen molar-refractivity contribution in [2.24, 2.45) is 0 Å². The topological polar surface area (TPSA) is 123 Å². The first-order chi connectivity index (χ1) is 28.2.